The van der Waals surface area contributed by atoms with Gasteiger partial charge in [0, 0.05) is 13.6 Å². The van der Waals surface area contributed by atoms with Crippen LogP contribution in [-0.2, 0) is 4.79 Å². The highest BCUT2D eigenvalue weighted by Gasteiger charge is 2.40. The van der Waals surface area contributed by atoms with Gasteiger partial charge >= 0.3 is 12.0 Å². The molecule has 0 aromatic carbocycles. The molecule has 0 aromatic heterocycles. The van der Waals surface area contributed by atoms with E-state index in [9.17, 15) is 9.59 Å². The second-order valence-corrected chi connectivity index (χ2v) is 5.15. The molecule has 0 bridgehead atoms. The number of carbonyl (C=O) groups is 2. The lowest BCUT2D eigenvalue weighted by Crippen LogP contribution is -2.55. The van der Waals surface area contributed by atoms with Gasteiger partial charge in [-0.25, -0.2) is 4.79 Å². The smallest absolute Gasteiger partial charge is 0.317 e. The SMILES string of the molecule is CCCNC(=O)N(C)C1(CC(=O)O)CCCCC1. The zero-order chi connectivity index (χ0) is 13.6. The first kappa shape index (κ1) is 14.8. The molecule has 0 spiro atoms. The van der Waals surface area contributed by atoms with Gasteiger partial charge in [0.25, 0.3) is 0 Å². The minimum Gasteiger partial charge on any atom is -0.481 e. The maximum Gasteiger partial charge on any atom is 0.317 e. The fourth-order valence-electron chi connectivity index (χ4n) is 2.69. The predicted octanol–water partition coefficient (Wildman–Crippen LogP) is 2.22. The summed E-state index contributed by atoms with van der Waals surface area (Å²) in [5, 5.41) is 11.9. The number of nitrogens with one attached hydrogen (secondary N) is 1. The zero-order valence-corrected chi connectivity index (χ0v) is 11.4. The lowest BCUT2D eigenvalue weighted by molar-refractivity contribution is -0.140. The summed E-state index contributed by atoms with van der Waals surface area (Å²) in [6, 6.07) is -0.153. The number of amides is 2. The van der Waals surface area contributed by atoms with Crippen molar-refractivity contribution >= 4 is 12.0 Å². The number of rotatable bonds is 5. The Morgan fingerprint density at radius 1 is 1.28 bits per heavy atom. The van der Waals surface area contributed by atoms with E-state index in [1.807, 2.05) is 6.92 Å². The van der Waals surface area contributed by atoms with E-state index in [0.717, 1.165) is 38.5 Å². The van der Waals surface area contributed by atoms with Gasteiger partial charge in [-0.2, -0.15) is 0 Å². The third-order valence-corrected chi connectivity index (χ3v) is 3.81. The summed E-state index contributed by atoms with van der Waals surface area (Å²) >= 11 is 0. The number of hydrogen-bond acceptors (Lipinski definition) is 2. The summed E-state index contributed by atoms with van der Waals surface area (Å²) in [4.78, 5) is 24.7. The molecule has 1 aliphatic rings. The highest BCUT2D eigenvalue weighted by atomic mass is 16.4. The molecular weight excluding hydrogens is 232 g/mol. The van der Waals surface area contributed by atoms with Gasteiger partial charge in [-0.15, -0.1) is 0 Å². The van der Waals surface area contributed by atoms with Crippen LogP contribution < -0.4 is 5.32 Å². The molecule has 1 saturated carbocycles. The Kier molecular flexibility index (Phi) is 5.44. The fraction of sp³-hybridized carbons (Fsp3) is 0.846. The van der Waals surface area contributed by atoms with Crippen molar-refractivity contribution in [3.63, 3.8) is 0 Å². The van der Waals surface area contributed by atoms with Crippen LogP contribution in [0.4, 0.5) is 4.79 Å². The minimum absolute atomic E-state index is 0.0447. The van der Waals surface area contributed by atoms with E-state index in [1.54, 1.807) is 11.9 Å². The molecule has 0 radical (unpaired) electrons. The Balaban J connectivity index is 2.74. The predicted molar refractivity (Wildman–Crippen MR) is 69.5 cm³/mol. The first-order valence-corrected chi connectivity index (χ1v) is 6.75. The van der Waals surface area contributed by atoms with Crippen molar-refractivity contribution < 1.29 is 14.7 Å². The van der Waals surface area contributed by atoms with Gasteiger partial charge in [0.1, 0.15) is 0 Å². The van der Waals surface area contributed by atoms with Crippen LogP contribution in [0.25, 0.3) is 0 Å². The van der Waals surface area contributed by atoms with Gasteiger partial charge in [-0.1, -0.05) is 26.2 Å². The van der Waals surface area contributed by atoms with Crippen LogP contribution in [0, 0.1) is 0 Å². The van der Waals surface area contributed by atoms with Crippen LogP contribution in [0.15, 0.2) is 0 Å². The molecule has 1 aliphatic carbocycles. The first-order chi connectivity index (χ1) is 8.52. The highest BCUT2D eigenvalue weighted by molar-refractivity contribution is 5.76. The van der Waals surface area contributed by atoms with E-state index in [2.05, 4.69) is 5.32 Å². The first-order valence-electron chi connectivity index (χ1n) is 6.75. The van der Waals surface area contributed by atoms with Crippen LogP contribution >= 0.6 is 0 Å². The van der Waals surface area contributed by atoms with Crippen LogP contribution in [0.5, 0.6) is 0 Å². The monoisotopic (exact) mass is 256 g/mol. The standard InChI is InChI=1S/C13H24N2O3/c1-3-9-14-12(18)15(2)13(10-11(16)17)7-5-4-6-8-13/h3-10H2,1-2H3,(H,14,18)(H,16,17). The van der Waals surface area contributed by atoms with Gasteiger partial charge in [0.15, 0.2) is 0 Å². The summed E-state index contributed by atoms with van der Waals surface area (Å²) in [5.41, 5.74) is -0.498. The van der Waals surface area contributed by atoms with Crippen LogP contribution in [0.2, 0.25) is 0 Å². The zero-order valence-electron chi connectivity index (χ0n) is 11.4. The summed E-state index contributed by atoms with van der Waals surface area (Å²) in [5.74, 6) is -0.827. The molecule has 0 heterocycles. The van der Waals surface area contributed by atoms with Gasteiger partial charge in [0.05, 0.1) is 12.0 Å². The second-order valence-electron chi connectivity index (χ2n) is 5.15. The molecule has 5 heteroatoms. The molecule has 0 atom stereocenters. The largest absolute Gasteiger partial charge is 0.481 e. The molecule has 2 amide bonds. The number of carboxylic acid groups (broad SMARTS) is 1. The van der Waals surface area contributed by atoms with Crippen molar-refractivity contribution in [1.82, 2.24) is 10.2 Å². The van der Waals surface area contributed by atoms with Gasteiger partial charge in [0.2, 0.25) is 0 Å². The Labute approximate surface area is 109 Å². The topological polar surface area (TPSA) is 69.6 Å². The average Bonchev–Trinajstić information content (AvgIpc) is 2.35. The fourth-order valence-corrected chi connectivity index (χ4v) is 2.69. The third-order valence-electron chi connectivity index (χ3n) is 3.81. The second kappa shape index (κ2) is 6.61. The molecule has 0 unspecified atom stereocenters. The lowest BCUT2D eigenvalue weighted by Gasteiger charge is -2.43. The molecule has 18 heavy (non-hydrogen) atoms. The average molecular weight is 256 g/mol. The summed E-state index contributed by atoms with van der Waals surface area (Å²) in [7, 11) is 1.72. The van der Waals surface area contributed by atoms with E-state index in [4.69, 9.17) is 5.11 Å². The van der Waals surface area contributed by atoms with E-state index in [0.29, 0.717) is 6.54 Å². The molecule has 2 N–H and O–H groups in total. The van der Waals surface area contributed by atoms with E-state index in [1.165, 1.54) is 0 Å². The molecule has 104 valence electrons. The van der Waals surface area contributed by atoms with Gasteiger partial charge in [-0.05, 0) is 19.3 Å². The Morgan fingerprint density at radius 2 is 1.89 bits per heavy atom. The number of hydrogen-bond donors (Lipinski definition) is 2. The summed E-state index contributed by atoms with van der Waals surface area (Å²) in [6.45, 7) is 2.63. The van der Waals surface area contributed by atoms with Gasteiger partial charge < -0.3 is 15.3 Å². The Morgan fingerprint density at radius 3 is 2.39 bits per heavy atom. The quantitative estimate of drug-likeness (QED) is 0.792. The van der Waals surface area contributed by atoms with E-state index >= 15 is 0 Å². The molecule has 1 fully saturated rings. The van der Waals surface area contributed by atoms with Crippen molar-refractivity contribution in [2.24, 2.45) is 0 Å². The van der Waals surface area contributed by atoms with Gasteiger partial charge in [-0.3, -0.25) is 4.79 Å². The van der Waals surface area contributed by atoms with Crippen molar-refractivity contribution in [3.05, 3.63) is 0 Å². The minimum atomic E-state index is -0.827. The Hall–Kier alpha value is -1.26. The van der Waals surface area contributed by atoms with Crippen LogP contribution in [0.3, 0.4) is 0 Å². The molecular formula is C13H24N2O3. The molecule has 5 nitrogen and oxygen atoms in total. The maximum absolute atomic E-state index is 12.0. The Bertz CT molecular complexity index is 299. The summed E-state index contributed by atoms with van der Waals surface area (Å²) in [6.07, 6.45) is 5.63. The van der Waals surface area contributed by atoms with Crippen molar-refractivity contribution in [2.45, 2.75) is 57.4 Å². The number of nitrogens with zero attached hydrogens (tertiary/aromatic N) is 1. The van der Waals surface area contributed by atoms with E-state index < -0.39 is 11.5 Å². The molecule has 0 saturated heterocycles. The number of carbonyl (C=O) groups excluding carboxylic acids is 1. The molecule has 0 aromatic rings. The number of aliphatic carboxylic acids is 1. The van der Waals surface area contributed by atoms with E-state index in [-0.39, 0.29) is 12.5 Å². The third kappa shape index (κ3) is 3.62. The number of carboxylic acids is 1. The maximum atomic E-state index is 12.0. The van der Waals surface area contributed by atoms with Crippen molar-refractivity contribution in [2.75, 3.05) is 13.6 Å². The van der Waals surface area contributed by atoms with Crippen molar-refractivity contribution in [3.8, 4) is 0 Å². The highest BCUT2D eigenvalue weighted by Crippen LogP contribution is 2.35. The molecule has 0 aliphatic heterocycles. The molecule has 1 rings (SSSR count). The van der Waals surface area contributed by atoms with Crippen LogP contribution in [0.1, 0.15) is 51.9 Å². The van der Waals surface area contributed by atoms with Crippen molar-refractivity contribution in [1.29, 1.82) is 0 Å². The van der Waals surface area contributed by atoms with Crippen LogP contribution in [-0.4, -0.2) is 41.1 Å². The summed E-state index contributed by atoms with van der Waals surface area (Å²) < 4.78 is 0. The number of urea groups is 1. The lowest BCUT2D eigenvalue weighted by atomic mass is 9.78. The normalized spacial score (nSPS) is 18.1.